The van der Waals surface area contributed by atoms with Crippen molar-refractivity contribution in [1.82, 2.24) is 9.88 Å². The Labute approximate surface area is 210 Å². The van der Waals surface area contributed by atoms with E-state index >= 15 is 4.39 Å². The second-order valence-electron chi connectivity index (χ2n) is 7.56. The van der Waals surface area contributed by atoms with Gasteiger partial charge in [0.1, 0.15) is 23.3 Å². The van der Waals surface area contributed by atoms with E-state index in [1.54, 1.807) is 0 Å². The van der Waals surface area contributed by atoms with Crippen molar-refractivity contribution in [2.45, 2.75) is 12.5 Å². The van der Waals surface area contributed by atoms with Crippen LogP contribution in [0.5, 0.6) is 0 Å². The molecule has 1 aliphatic heterocycles. The molecule has 0 bridgehead atoms. The smallest absolute Gasteiger partial charge is 0.258 e. The number of hydrogen-bond acceptors (Lipinski definition) is 4. The maximum atomic E-state index is 15.1. The predicted octanol–water partition coefficient (Wildman–Crippen LogP) is 4.57. The molecule has 0 saturated carbocycles. The van der Waals surface area contributed by atoms with E-state index in [-0.39, 0.29) is 42.1 Å². The molecule has 1 atom stereocenters. The maximum Gasteiger partial charge on any atom is 0.258 e. The van der Waals surface area contributed by atoms with Crippen molar-refractivity contribution in [3.8, 4) is 11.1 Å². The third kappa shape index (κ3) is 5.55. The Morgan fingerprint density at radius 3 is 2.23 bits per heavy atom. The molecule has 0 unspecified atom stereocenters. The minimum absolute atomic E-state index is 0. The SMILES string of the molecule is Cl.Cl.N[C@H]1CCN(C(=O)c2ccncc2NC(=O)c2ccc(F)c(-c3c(F)cccc3F)c2F)C1. The average Bonchev–Trinajstić information content (AvgIpc) is 3.22. The summed E-state index contributed by atoms with van der Waals surface area (Å²) in [7, 11) is 0. The predicted molar refractivity (Wildman–Crippen MR) is 127 cm³/mol. The molecule has 35 heavy (non-hydrogen) atoms. The number of carbonyl (C=O) groups is 2. The zero-order valence-electron chi connectivity index (χ0n) is 17.9. The Morgan fingerprint density at radius 2 is 1.60 bits per heavy atom. The summed E-state index contributed by atoms with van der Waals surface area (Å²) in [6, 6.07) is 5.57. The quantitative estimate of drug-likeness (QED) is 0.483. The highest BCUT2D eigenvalue weighted by Crippen LogP contribution is 2.32. The van der Waals surface area contributed by atoms with E-state index in [2.05, 4.69) is 10.3 Å². The van der Waals surface area contributed by atoms with Crippen LogP contribution in [0.1, 0.15) is 27.1 Å². The Morgan fingerprint density at radius 1 is 0.943 bits per heavy atom. The Bertz CT molecular complexity index is 1240. The van der Waals surface area contributed by atoms with Gasteiger partial charge in [0.2, 0.25) is 0 Å². The zero-order chi connectivity index (χ0) is 23.7. The summed E-state index contributed by atoms with van der Waals surface area (Å²) < 4.78 is 57.8. The Kier molecular flexibility index (Phi) is 9.19. The summed E-state index contributed by atoms with van der Waals surface area (Å²) in [5.41, 5.74) is 3.35. The number of benzene rings is 2. The van der Waals surface area contributed by atoms with Crippen LogP contribution in [0, 0.1) is 23.3 Å². The van der Waals surface area contributed by atoms with Crippen LogP contribution in [-0.2, 0) is 0 Å². The van der Waals surface area contributed by atoms with Gasteiger partial charge in [-0.15, -0.1) is 24.8 Å². The molecule has 0 spiro atoms. The Balaban J connectivity index is 0.00000216. The standard InChI is InChI=1S/C23H18F4N4O2.2ClH/c24-15-2-1-3-16(25)19(15)20-17(26)5-4-14(21(20)27)22(32)30-18-10-29-8-6-13(18)23(33)31-9-7-12(28)11-31;;/h1-6,8,10,12H,7,9,11,28H2,(H,30,32);2*1H/t12-;;/m0../s1. The third-order valence-electron chi connectivity index (χ3n) is 5.36. The van der Waals surface area contributed by atoms with Crippen LogP contribution in [0.25, 0.3) is 11.1 Å². The molecule has 1 aliphatic rings. The number of rotatable bonds is 4. The number of halogens is 6. The number of carbonyl (C=O) groups excluding carboxylic acids is 2. The van der Waals surface area contributed by atoms with E-state index in [0.717, 1.165) is 30.3 Å². The summed E-state index contributed by atoms with van der Waals surface area (Å²) in [5.74, 6) is -6.50. The van der Waals surface area contributed by atoms with Gasteiger partial charge in [-0.2, -0.15) is 0 Å². The number of amides is 2. The lowest BCUT2D eigenvalue weighted by Gasteiger charge is -2.18. The lowest BCUT2D eigenvalue weighted by Crippen LogP contribution is -2.32. The highest BCUT2D eigenvalue weighted by atomic mass is 35.5. The van der Waals surface area contributed by atoms with Crippen LogP contribution in [0.15, 0.2) is 48.8 Å². The first kappa shape index (κ1) is 28.0. The van der Waals surface area contributed by atoms with E-state index in [4.69, 9.17) is 5.73 Å². The molecule has 2 heterocycles. The second kappa shape index (κ2) is 11.5. The highest BCUT2D eigenvalue weighted by molar-refractivity contribution is 6.09. The fourth-order valence-electron chi connectivity index (χ4n) is 3.71. The molecule has 0 radical (unpaired) electrons. The number of likely N-dealkylation sites (tertiary alicyclic amines) is 1. The average molecular weight is 531 g/mol. The van der Waals surface area contributed by atoms with Crippen molar-refractivity contribution in [2.24, 2.45) is 5.73 Å². The monoisotopic (exact) mass is 530 g/mol. The van der Waals surface area contributed by atoms with Gasteiger partial charge in [-0.3, -0.25) is 14.6 Å². The van der Waals surface area contributed by atoms with E-state index in [0.29, 0.717) is 19.5 Å². The summed E-state index contributed by atoms with van der Waals surface area (Å²) >= 11 is 0. The van der Waals surface area contributed by atoms with E-state index in [1.807, 2.05) is 0 Å². The van der Waals surface area contributed by atoms with Crippen molar-refractivity contribution in [1.29, 1.82) is 0 Å². The summed E-state index contributed by atoms with van der Waals surface area (Å²) in [5, 5.41) is 2.38. The van der Waals surface area contributed by atoms with Gasteiger partial charge in [0.05, 0.1) is 34.1 Å². The van der Waals surface area contributed by atoms with Crippen LogP contribution < -0.4 is 11.1 Å². The van der Waals surface area contributed by atoms with Gasteiger partial charge in [-0.1, -0.05) is 6.07 Å². The van der Waals surface area contributed by atoms with Crippen molar-refractivity contribution in [3.63, 3.8) is 0 Å². The van der Waals surface area contributed by atoms with Gasteiger partial charge in [-0.25, -0.2) is 17.6 Å². The van der Waals surface area contributed by atoms with E-state index in [9.17, 15) is 22.8 Å². The van der Waals surface area contributed by atoms with Crippen molar-refractivity contribution < 1.29 is 27.2 Å². The number of hydrogen-bond donors (Lipinski definition) is 2. The minimum atomic E-state index is -1.45. The molecule has 2 amide bonds. The number of aromatic nitrogens is 1. The molecule has 3 aromatic rings. The molecule has 1 saturated heterocycles. The number of nitrogens with zero attached hydrogens (tertiary/aromatic N) is 2. The van der Waals surface area contributed by atoms with Gasteiger partial charge in [0.25, 0.3) is 11.8 Å². The fraction of sp³-hybridized carbons (Fsp3) is 0.174. The fourth-order valence-corrected chi connectivity index (χ4v) is 3.71. The summed E-state index contributed by atoms with van der Waals surface area (Å²) in [6.07, 6.45) is 3.20. The first-order valence-electron chi connectivity index (χ1n) is 10.0. The topological polar surface area (TPSA) is 88.3 Å². The normalized spacial score (nSPS) is 14.7. The summed E-state index contributed by atoms with van der Waals surface area (Å²) in [4.78, 5) is 31.1. The maximum absolute atomic E-state index is 15.1. The zero-order valence-corrected chi connectivity index (χ0v) is 19.6. The van der Waals surface area contributed by atoms with Crippen LogP contribution in [0.3, 0.4) is 0 Å². The van der Waals surface area contributed by atoms with Crippen LogP contribution in [0.4, 0.5) is 23.2 Å². The summed E-state index contributed by atoms with van der Waals surface area (Å²) in [6.45, 7) is 0.790. The van der Waals surface area contributed by atoms with Crippen LogP contribution in [0.2, 0.25) is 0 Å². The Hall–Kier alpha value is -3.21. The van der Waals surface area contributed by atoms with Crippen molar-refractivity contribution in [3.05, 3.63) is 83.2 Å². The van der Waals surface area contributed by atoms with Crippen molar-refractivity contribution >= 4 is 42.3 Å². The van der Waals surface area contributed by atoms with Gasteiger partial charge in [0, 0.05) is 25.3 Å². The van der Waals surface area contributed by atoms with Crippen LogP contribution in [-0.4, -0.2) is 40.8 Å². The number of nitrogens with two attached hydrogens (primary N) is 1. The molecule has 1 aromatic heterocycles. The largest absolute Gasteiger partial charge is 0.337 e. The van der Waals surface area contributed by atoms with Gasteiger partial charge in [0.15, 0.2) is 0 Å². The second-order valence-corrected chi connectivity index (χ2v) is 7.56. The van der Waals surface area contributed by atoms with Gasteiger partial charge in [-0.05, 0) is 36.8 Å². The van der Waals surface area contributed by atoms with E-state index < -0.39 is 51.8 Å². The molecule has 3 N–H and O–H groups in total. The molecule has 186 valence electrons. The number of anilines is 1. The lowest BCUT2D eigenvalue weighted by molar-refractivity contribution is 0.0791. The highest BCUT2D eigenvalue weighted by Gasteiger charge is 2.28. The lowest BCUT2D eigenvalue weighted by atomic mass is 9.99. The molecular weight excluding hydrogens is 511 g/mol. The molecule has 1 fully saturated rings. The molecule has 2 aromatic carbocycles. The molecule has 0 aliphatic carbocycles. The van der Waals surface area contributed by atoms with Crippen molar-refractivity contribution in [2.75, 3.05) is 18.4 Å². The minimum Gasteiger partial charge on any atom is -0.337 e. The number of nitrogens with one attached hydrogen (secondary N) is 1. The number of pyridine rings is 1. The molecular formula is C23H20Cl2F4N4O2. The first-order chi connectivity index (χ1) is 15.8. The van der Waals surface area contributed by atoms with Gasteiger partial charge >= 0.3 is 0 Å². The van der Waals surface area contributed by atoms with E-state index in [1.165, 1.54) is 23.4 Å². The third-order valence-corrected chi connectivity index (χ3v) is 5.36. The molecule has 6 nitrogen and oxygen atoms in total. The first-order valence-corrected chi connectivity index (χ1v) is 10.0. The van der Waals surface area contributed by atoms with Crippen LogP contribution >= 0.6 is 24.8 Å². The molecule has 4 rings (SSSR count). The van der Waals surface area contributed by atoms with Gasteiger partial charge < -0.3 is 16.0 Å². The molecule has 12 heteroatoms.